The monoisotopic (exact) mass is 476 g/mol. The minimum absolute atomic E-state index is 0.212. The number of anilines is 1. The standard InChI is InChI=1S/C21H15Cl3N4O3/c1-30-19-7-4-14(10-16(19)24)28-26-17-5-3-13(9-18(17)27-28)25-21(29)11-31-20-6-2-12(22)8-15(20)23/h2-10H,11H2,1H3,(H,25,29). The molecule has 1 aromatic heterocycles. The molecule has 0 radical (unpaired) electrons. The molecule has 1 N–H and O–H groups in total. The van der Waals surface area contributed by atoms with Gasteiger partial charge in [-0.1, -0.05) is 34.8 Å². The lowest BCUT2D eigenvalue weighted by Crippen LogP contribution is -2.20. The van der Waals surface area contributed by atoms with Crippen LogP contribution in [0.4, 0.5) is 5.69 Å². The van der Waals surface area contributed by atoms with Crippen LogP contribution in [0.2, 0.25) is 15.1 Å². The number of hydrogen-bond acceptors (Lipinski definition) is 5. The fraction of sp³-hybridized carbons (Fsp3) is 0.0952. The molecule has 0 aliphatic carbocycles. The van der Waals surface area contributed by atoms with Gasteiger partial charge in [-0.3, -0.25) is 4.79 Å². The number of rotatable bonds is 6. The summed E-state index contributed by atoms with van der Waals surface area (Å²) in [6, 6.07) is 15.2. The summed E-state index contributed by atoms with van der Waals surface area (Å²) in [4.78, 5) is 13.7. The summed E-state index contributed by atoms with van der Waals surface area (Å²) in [6.45, 7) is -0.212. The van der Waals surface area contributed by atoms with E-state index in [0.717, 1.165) is 0 Å². The predicted molar refractivity (Wildman–Crippen MR) is 121 cm³/mol. The van der Waals surface area contributed by atoms with Gasteiger partial charge < -0.3 is 14.8 Å². The van der Waals surface area contributed by atoms with Crippen molar-refractivity contribution in [1.82, 2.24) is 15.0 Å². The molecule has 0 atom stereocenters. The molecule has 31 heavy (non-hydrogen) atoms. The van der Waals surface area contributed by atoms with Crippen LogP contribution in [0.1, 0.15) is 0 Å². The van der Waals surface area contributed by atoms with Crippen LogP contribution >= 0.6 is 34.8 Å². The summed E-state index contributed by atoms with van der Waals surface area (Å²) in [6.07, 6.45) is 0. The smallest absolute Gasteiger partial charge is 0.262 e. The second-order valence-electron chi connectivity index (χ2n) is 6.42. The molecular weight excluding hydrogens is 463 g/mol. The zero-order valence-corrected chi connectivity index (χ0v) is 18.4. The summed E-state index contributed by atoms with van der Waals surface area (Å²) in [5.74, 6) is 0.590. The van der Waals surface area contributed by atoms with Gasteiger partial charge in [-0.25, -0.2) is 0 Å². The van der Waals surface area contributed by atoms with Crippen LogP contribution in [0, 0.1) is 0 Å². The van der Waals surface area contributed by atoms with Crippen molar-refractivity contribution < 1.29 is 14.3 Å². The third kappa shape index (κ3) is 4.85. The SMILES string of the molecule is COc1ccc(-n2nc3ccc(NC(=O)COc4ccc(Cl)cc4Cl)cc3n2)cc1Cl. The van der Waals surface area contributed by atoms with Gasteiger partial charge in [0.1, 0.15) is 22.5 Å². The largest absolute Gasteiger partial charge is 0.495 e. The number of benzene rings is 3. The maximum absolute atomic E-state index is 12.3. The summed E-state index contributed by atoms with van der Waals surface area (Å²) in [5.41, 5.74) is 2.50. The van der Waals surface area contributed by atoms with Gasteiger partial charge in [0.2, 0.25) is 0 Å². The lowest BCUT2D eigenvalue weighted by molar-refractivity contribution is -0.118. The Labute approximate surface area is 192 Å². The summed E-state index contributed by atoms with van der Waals surface area (Å²) in [5, 5.41) is 12.9. The molecule has 158 valence electrons. The molecule has 0 aliphatic rings. The van der Waals surface area contributed by atoms with Crippen LogP contribution in [-0.2, 0) is 4.79 Å². The Kier molecular flexibility index (Phi) is 6.18. The van der Waals surface area contributed by atoms with E-state index < -0.39 is 0 Å². The lowest BCUT2D eigenvalue weighted by atomic mass is 10.3. The first-order valence-electron chi connectivity index (χ1n) is 9.01. The molecule has 4 aromatic rings. The lowest BCUT2D eigenvalue weighted by Gasteiger charge is -2.09. The molecule has 0 saturated heterocycles. The molecule has 7 nitrogen and oxygen atoms in total. The Morgan fingerprint density at radius 2 is 1.68 bits per heavy atom. The number of aromatic nitrogens is 3. The number of nitrogens with zero attached hydrogens (tertiary/aromatic N) is 3. The molecule has 1 amide bonds. The Morgan fingerprint density at radius 3 is 2.42 bits per heavy atom. The van der Waals surface area contributed by atoms with E-state index in [1.165, 1.54) is 4.80 Å². The van der Waals surface area contributed by atoms with Gasteiger partial charge in [-0.15, -0.1) is 10.2 Å². The third-order valence-electron chi connectivity index (χ3n) is 4.28. The van der Waals surface area contributed by atoms with E-state index in [0.29, 0.717) is 49.0 Å². The van der Waals surface area contributed by atoms with E-state index in [1.807, 2.05) is 0 Å². The number of halogens is 3. The van der Waals surface area contributed by atoms with Gasteiger partial charge in [0.05, 0.1) is 22.8 Å². The number of nitrogens with one attached hydrogen (secondary N) is 1. The topological polar surface area (TPSA) is 78.3 Å². The van der Waals surface area contributed by atoms with Crippen molar-refractivity contribution in [2.24, 2.45) is 0 Å². The van der Waals surface area contributed by atoms with Gasteiger partial charge in [0.15, 0.2) is 6.61 Å². The van der Waals surface area contributed by atoms with E-state index in [-0.39, 0.29) is 12.5 Å². The van der Waals surface area contributed by atoms with Crippen LogP contribution in [0.3, 0.4) is 0 Å². The highest BCUT2D eigenvalue weighted by atomic mass is 35.5. The Balaban J connectivity index is 1.46. The van der Waals surface area contributed by atoms with Crippen LogP contribution in [0.5, 0.6) is 11.5 Å². The molecule has 3 aromatic carbocycles. The van der Waals surface area contributed by atoms with Gasteiger partial charge in [0, 0.05) is 10.7 Å². The molecule has 0 aliphatic heterocycles. The highest BCUT2D eigenvalue weighted by molar-refractivity contribution is 6.35. The first-order chi connectivity index (χ1) is 14.9. The van der Waals surface area contributed by atoms with Crippen molar-refractivity contribution >= 4 is 57.4 Å². The molecule has 0 spiro atoms. The average Bonchev–Trinajstić information content (AvgIpc) is 3.16. The van der Waals surface area contributed by atoms with Crippen LogP contribution in [0.15, 0.2) is 54.6 Å². The highest BCUT2D eigenvalue weighted by Crippen LogP contribution is 2.28. The first-order valence-corrected chi connectivity index (χ1v) is 10.1. The fourth-order valence-corrected chi connectivity index (χ4v) is 3.54. The van der Waals surface area contributed by atoms with Crippen LogP contribution in [-0.4, -0.2) is 34.6 Å². The zero-order valence-electron chi connectivity index (χ0n) is 16.1. The quantitative estimate of drug-likeness (QED) is 0.402. The number of amides is 1. The van der Waals surface area contributed by atoms with Gasteiger partial charge in [0.25, 0.3) is 5.91 Å². The van der Waals surface area contributed by atoms with Crippen molar-refractivity contribution in [2.75, 3.05) is 19.0 Å². The summed E-state index contributed by atoms with van der Waals surface area (Å²) < 4.78 is 10.6. The van der Waals surface area contributed by atoms with E-state index >= 15 is 0 Å². The number of fused-ring (bicyclic) bond motifs is 1. The molecule has 1 heterocycles. The number of carbonyl (C=O) groups excluding carboxylic acids is 1. The Bertz CT molecular complexity index is 1280. The van der Waals surface area contributed by atoms with Gasteiger partial charge >= 0.3 is 0 Å². The summed E-state index contributed by atoms with van der Waals surface area (Å²) >= 11 is 18.1. The number of carbonyl (C=O) groups is 1. The average molecular weight is 478 g/mol. The minimum Gasteiger partial charge on any atom is -0.495 e. The fourth-order valence-electron chi connectivity index (χ4n) is 2.82. The second kappa shape index (κ2) is 9.01. The molecule has 0 saturated carbocycles. The van der Waals surface area contributed by atoms with Crippen molar-refractivity contribution in [1.29, 1.82) is 0 Å². The van der Waals surface area contributed by atoms with Crippen LogP contribution < -0.4 is 14.8 Å². The van der Waals surface area contributed by atoms with Gasteiger partial charge in [-0.05, 0) is 54.6 Å². The Hall–Kier alpha value is -3.00. The molecular formula is C21H15Cl3N4O3. The molecule has 4 rings (SSSR count). The normalized spacial score (nSPS) is 10.8. The summed E-state index contributed by atoms with van der Waals surface area (Å²) in [7, 11) is 1.55. The molecule has 10 heteroatoms. The van der Waals surface area contributed by atoms with E-state index in [2.05, 4.69) is 15.5 Å². The van der Waals surface area contributed by atoms with Crippen molar-refractivity contribution in [3.63, 3.8) is 0 Å². The maximum atomic E-state index is 12.3. The molecule has 0 fully saturated rings. The number of hydrogen-bond donors (Lipinski definition) is 1. The zero-order chi connectivity index (χ0) is 22.0. The van der Waals surface area contributed by atoms with Gasteiger partial charge in [-0.2, -0.15) is 4.80 Å². The number of ether oxygens (including phenoxy) is 2. The van der Waals surface area contributed by atoms with Crippen molar-refractivity contribution in [2.45, 2.75) is 0 Å². The van der Waals surface area contributed by atoms with Crippen molar-refractivity contribution in [3.05, 3.63) is 69.7 Å². The minimum atomic E-state index is -0.348. The second-order valence-corrected chi connectivity index (χ2v) is 7.67. The van der Waals surface area contributed by atoms with E-state index in [4.69, 9.17) is 44.3 Å². The van der Waals surface area contributed by atoms with E-state index in [1.54, 1.807) is 61.7 Å². The first kappa shape index (κ1) is 21.2. The maximum Gasteiger partial charge on any atom is 0.262 e. The molecule has 0 unspecified atom stereocenters. The van der Waals surface area contributed by atoms with Crippen molar-refractivity contribution in [3.8, 4) is 17.2 Å². The third-order valence-corrected chi connectivity index (χ3v) is 5.11. The van der Waals surface area contributed by atoms with E-state index in [9.17, 15) is 4.79 Å². The molecule has 0 bridgehead atoms. The van der Waals surface area contributed by atoms with Crippen LogP contribution in [0.25, 0.3) is 16.7 Å². The predicted octanol–water partition coefficient (Wildman–Crippen LogP) is 5.41. The number of methoxy groups -OCH3 is 1. The Morgan fingerprint density at radius 1 is 0.935 bits per heavy atom. The highest BCUT2D eigenvalue weighted by Gasteiger charge is 2.11.